The number of carbonyl (C=O) groups excluding carboxylic acids is 1. The van der Waals surface area contributed by atoms with Crippen LogP contribution < -0.4 is 14.8 Å². The van der Waals surface area contributed by atoms with E-state index in [0.29, 0.717) is 17.2 Å². The van der Waals surface area contributed by atoms with Gasteiger partial charge in [-0.15, -0.1) is 0 Å². The molecule has 0 unspecified atom stereocenters. The lowest BCUT2D eigenvalue weighted by atomic mass is 10.3. The number of rotatable bonds is 8. The van der Waals surface area contributed by atoms with Crippen LogP contribution in [0.15, 0.2) is 77.7 Å². The van der Waals surface area contributed by atoms with Crippen molar-refractivity contribution in [3.8, 4) is 17.2 Å². The van der Waals surface area contributed by atoms with Gasteiger partial charge in [0.15, 0.2) is 12.4 Å². The molecule has 0 heterocycles. The number of benzene rings is 3. The molecule has 1 amide bonds. The normalized spacial score (nSPS) is 11.2. The molecule has 0 saturated heterocycles. The van der Waals surface area contributed by atoms with Crippen LogP contribution in [0.1, 0.15) is 0 Å². The fourth-order valence-electron chi connectivity index (χ4n) is 2.57. The van der Waals surface area contributed by atoms with E-state index in [4.69, 9.17) is 21.1 Å². The maximum absolute atomic E-state index is 12.4. The van der Waals surface area contributed by atoms with Gasteiger partial charge in [-0.3, -0.25) is 4.79 Å². The first kappa shape index (κ1) is 22.6. The van der Waals surface area contributed by atoms with E-state index >= 15 is 0 Å². The Morgan fingerprint density at radius 2 is 1.65 bits per heavy atom. The van der Waals surface area contributed by atoms with Crippen LogP contribution in [0.25, 0.3) is 0 Å². The highest BCUT2D eigenvalue weighted by Crippen LogP contribution is 2.30. The highest BCUT2D eigenvalue weighted by molar-refractivity contribution is 7.89. The van der Waals surface area contributed by atoms with E-state index in [9.17, 15) is 13.2 Å². The van der Waals surface area contributed by atoms with Crippen LogP contribution in [-0.4, -0.2) is 39.3 Å². The van der Waals surface area contributed by atoms with Gasteiger partial charge in [-0.2, -0.15) is 0 Å². The van der Waals surface area contributed by atoms with Crippen LogP contribution in [-0.2, 0) is 14.8 Å². The van der Waals surface area contributed by atoms with Crippen molar-refractivity contribution in [1.82, 2.24) is 4.31 Å². The molecule has 0 saturated carbocycles. The zero-order valence-electron chi connectivity index (χ0n) is 16.9. The largest absolute Gasteiger partial charge is 0.482 e. The molecular weight excluding hydrogens is 440 g/mol. The molecule has 1 N–H and O–H groups in total. The fraction of sp³-hybridized carbons (Fsp3) is 0.136. The first-order valence-electron chi connectivity index (χ1n) is 9.24. The summed E-state index contributed by atoms with van der Waals surface area (Å²) in [6, 6.07) is 20.3. The van der Waals surface area contributed by atoms with Crippen molar-refractivity contribution in [2.24, 2.45) is 0 Å². The van der Waals surface area contributed by atoms with Crippen molar-refractivity contribution in [1.29, 1.82) is 0 Å². The van der Waals surface area contributed by atoms with Crippen LogP contribution >= 0.6 is 11.6 Å². The number of nitrogens with one attached hydrogen (secondary N) is 1. The fourth-order valence-corrected chi connectivity index (χ4v) is 3.80. The molecule has 3 aromatic rings. The van der Waals surface area contributed by atoms with Crippen LogP contribution in [0, 0.1) is 0 Å². The molecule has 0 aliphatic rings. The standard InChI is InChI=1S/C22H21ClN2O5S/c1-25(2)31(27,28)17-12-13-20(18(23)14-17)29-15-22(26)24-19-10-6-7-11-21(19)30-16-8-4-3-5-9-16/h3-14H,15H2,1-2H3,(H,24,26). The highest BCUT2D eigenvalue weighted by Gasteiger charge is 2.19. The van der Waals surface area contributed by atoms with Crippen LogP contribution in [0.3, 0.4) is 0 Å². The minimum Gasteiger partial charge on any atom is -0.482 e. The van der Waals surface area contributed by atoms with Gasteiger partial charge < -0.3 is 14.8 Å². The number of hydrogen-bond donors (Lipinski definition) is 1. The van der Waals surface area contributed by atoms with Gasteiger partial charge in [-0.25, -0.2) is 12.7 Å². The van der Waals surface area contributed by atoms with Crippen molar-refractivity contribution in [2.75, 3.05) is 26.0 Å². The average molecular weight is 461 g/mol. The number of anilines is 1. The van der Waals surface area contributed by atoms with Crippen LogP contribution in [0.2, 0.25) is 5.02 Å². The van der Waals surface area contributed by atoms with E-state index in [0.717, 1.165) is 4.31 Å². The summed E-state index contributed by atoms with van der Waals surface area (Å²) in [4.78, 5) is 12.4. The van der Waals surface area contributed by atoms with E-state index in [1.807, 2.05) is 30.3 Å². The molecule has 0 aliphatic carbocycles. The third kappa shape index (κ3) is 5.75. The summed E-state index contributed by atoms with van der Waals surface area (Å²) in [7, 11) is -0.763. The quantitative estimate of drug-likeness (QED) is 0.538. The number of ether oxygens (including phenoxy) is 2. The summed E-state index contributed by atoms with van der Waals surface area (Å²) in [5.41, 5.74) is 0.485. The zero-order valence-corrected chi connectivity index (χ0v) is 18.5. The SMILES string of the molecule is CN(C)S(=O)(=O)c1ccc(OCC(=O)Nc2ccccc2Oc2ccccc2)c(Cl)c1. The summed E-state index contributed by atoms with van der Waals surface area (Å²) >= 11 is 6.14. The molecule has 0 fully saturated rings. The lowest BCUT2D eigenvalue weighted by Gasteiger charge is -2.14. The minimum absolute atomic E-state index is 0.0336. The molecule has 3 rings (SSSR count). The van der Waals surface area contributed by atoms with Gasteiger partial charge >= 0.3 is 0 Å². The Labute approximate surface area is 186 Å². The number of sulfonamides is 1. The van der Waals surface area contributed by atoms with Gasteiger partial charge in [-0.05, 0) is 42.5 Å². The van der Waals surface area contributed by atoms with Crippen LogP contribution in [0.5, 0.6) is 17.2 Å². The van der Waals surface area contributed by atoms with Gasteiger partial charge in [0, 0.05) is 14.1 Å². The van der Waals surface area contributed by atoms with Gasteiger partial charge in [0.2, 0.25) is 10.0 Å². The highest BCUT2D eigenvalue weighted by atomic mass is 35.5. The topological polar surface area (TPSA) is 84.9 Å². The first-order valence-corrected chi connectivity index (χ1v) is 11.1. The smallest absolute Gasteiger partial charge is 0.262 e. The lowest BCUT2D eigenvalue weighted by molar-refractivity contribution is -0.118. The zero-order chi connectivity index (χ0) is 22.4. The van der Waals surface area contributed by atoms with Crippen molar-refractivity contribution in [3.63, 3.8) is 0 Å². The molecule has 9 heteroatoms. The molecule has 3 aromatic carbocycles. The molecule has 162 valence electrons. The molecule has 0 radical (unpaired) electrons. The van der Waals surface area contributed by atoms with Gasteiger partial charge in [0.05, 0.1) is 15.6 Å². The van der Waals surface area contributed by atoms with Gasteiger partial charge in [0.25, 0.3) is 5.91 Å². The lowest BCUT2D eigenvalue weighted by Crippen LogP contribution is -2.22. The van der Waals surface area contributed by atoms with Crippen molar-refractivity contribution in [3.05, 3.63) is 77.8 Å². The maximum Gasteiger partial charge on any atom is 0.262 e. The van der Waals surface area contributed by atoms with Crippen molar-refractivity contribution >= 4 is 33.2 Å². The average Bonchev–Trinajstić information content (AvgIpc) is 2.75. The summed E-state index contributed by atoms with van der Waals surface area (Å²) in [6.45, 7) is -0.320. The summed E-state index contributed by atoms with van der Waals surface area (Å²) in [5.74, 6) is 0.895. The Morgan fingerprint density at radius 3 is 2.32 bits per heavy atom. The Kier molecular flexibility index (Phi) is 7.17. The number of halogens is 1. The van der Waals surface area contributed by atoms with Gasteiger partial charge in [0.1, 0.15) is 11.5 Å². The second-order valence-electron chi connectivity index (χ2n) is 6.63. The predicted molar refractivity (Wildman–Crippen MR) is 119 cm³/mol. The van der Waals surface area contributed by atoms with E-state index in [1.165, 1.54) is 32.3 Å². The number of nitrogens with zero attached hydrogens (tertiary/aromatic N) is 1. The first-order chi connectivity index (χ1) is 14.8. The van der Waals surface area contributed by atoms with E-state index in [2.05, 4.69) is 5.32 Å². The van der Waals surface area contributed by atoms with Crippen molar-refractivity contribution < 1.29 is 22.7 Å². The molecule has 31 heavy (non-hydrogen) atoms. The second-order valence-corrected chi connectivity index (χ2v) is 9.19. The Hall–Kier alpha value is -3.07. The van der Waals surface area contributed by atoms with E-state index < -0.39 is 15.9 Å². The molecule has 0 aromatic heterocycles. The third-order valence-corrected chi connectivity index (χ3v) is 6.28. The molecule has 7 nitrogen and oxygen atoms in total. The number of hydrogen-bond acceptors (Lipinski definition) is 5. The van der Waals surface area contributed by atoms with E-state index in [-0.39, 0.29) is 22.3 Å². The Bertz CT molecular complexity index is 1170. The molecule has 0 atom stereocenters. The number of amides is 1. The third-order valence-electron chi connectivity index (χ3n) is 4.17. The Balaban J connectivity index is 1.65. The van der Waals surface area contributed by atoms with Crippen molar-refractivity contribution in [2.45, 2.75) is 4.90 Å². The van der Waals surface area contributed by atoms with Gasteiger partial charge in [-0.1, -0.05) is 41.9 Å². The van der Waals surface area contributed by atoms with E-state index in [1.54, 1.807) is 24.3 Å². The Morgan fingerprint density at radius 1 is 0.968 bits per heavy atom. The summed E-state index contributed by atoms with van der Waals surface area (Å²) < 4.78 is 36.7. The molecule has 0 spiro atoms. The van der Waals surface area contributed by atoms with Crippen LogP contribution in [0.4, 0.5) is 5.69 Å². The minimum atomic E-state index is -3.62. The second kappa shape index (κ2) is 9.82. The molecule has 0 bridgehead atoms. The predicted octanol–water partition coefficient (Wildman–Crippen LogP) is 4.40. The summed E-state index contributed by atoms with van der Waals surface area (Å²) in [6.07, 6.45) is 0. The molecule has 0 aliphatic heterocycles. The summed E-state index contributed by atoms with van der Waals surface area (Å²) in [5, 5.41) is 2.82. The monoisotopic (exact) mass is 460 g/mol. The number of para-hydroxylation sites is 3. The number of carbonyl (C=O) groups is 1. The molecular formula is C22H21ClN2O5S. The maximum atomic E-state index is 12.4.